The van der Waals surface area contributed by atoms with Crippen molar-refractivity contribution in [3.8, 4) is 11.5 Å². The number of nitrogens with two attached hydrogens (primary N) is 1. The Kier molecular flexibility index (Phi) is 12.4. The molecule has 1 aliphatic heterocycles. The van der Waals surface area contributed by atoms with Crippen LogP contribution in [0.1, 0.15) is 83.1 Å². The third-order valence-corrected chi connectivity index (χ3v) is 10.4. The molecule has 13 nitrogen and oxygen atoms in total. The molecule has 2 aromatic carbocycles. The number of benzene rings is 2. The number of hydrogen-bond donors (Lipinski definition) is 3. The van der Waals surface area contributed by atoms with E-state index in [1.165, 1.54) is 12.7 Å². The van der Waals surface area contributed by atoms with E-state index >= 15 is 0 Å². The zero-order valence-electron chi connectivity index (χ0n) is 31.4. The Morgan fingerprint density at radius 1 is 1.07 bits per heavy atom. The number of rotatable bonds is 11. The molecule has 0 radical (unpaired) electrons. The molecule has 1 aliphatic carbocycles. The highest BCUT2D eigenvalue weighted by Crippen LogP contribution is 2.39. The Balaban J connectivity index is 1.18. The summed E-state index contributed by atoms with van der Waals surface area (Å²) in [7, 11) is 0. The molecule has 4 aromatic rings. The summed E-state index contributed by atoms with van der Waals surface area (Å²) in [6.07, 6.45) is 9.69. The molecule has 3 heterocycles. The van der Waals surface area contributed by atoms with Gasteiger partial charge in [0.2, 0.25) is 5.95 Å². The first-order valence-corrected chi connectivity index (χ1v) is 20.1. The predicted octanol–water partition coefficient (Wildman–Crippen LogP) is 7.32. The number of pyridine rings is 1. The van der Waals surface area contributed by atoms with Crippen molar-refractivity contribution in [2.24, 2.45) is 16.1 Å². The van der Waals surface area contributed by atoms with Crippen molar-refractivity contribution in [1.29, 1.82) is 0 Å². The summed E-state index contributed by atoms with van der Waals surface area (Å²) < 4.78 is 30.7. The number of hydrogen-bond acceptors (Lipinski definition) is 10. The molecule has 15 heteroatoms. The SMILES string of the molecule is CC1CCCCN1c1nnc2ccc(OC3CCC(NC(=O)NC(C=C(N)C(C)(C)C)=Nc4ccc(Cl)c(OCCOS(C)=O)c4)c4ccccc43)cn12. The maximum Gasteiger partial charge on any atom is 0.320 e. The van der Waals surface area contributed by atoms with Crippen molar-refractivity contribution < 1.29 is 22.7 Å². The van der Waals surface area contributed by atoms with Crippen molar-refractivity contribution in [3.05, 3.63) is 88.7 Å². The zero-order valence-corrected chi connectivity index (χ0v) is 33.0. The van der Waals surface area contributed by atoms with Crippen LogP contribution in [0.15, 0.2) is 77.6 Å². The topological polar surface area (TPSA) is 158 Å². The summed E-state index contributed by atoms with van der Waals surface area (Å²) in [4.78, 5) is 20.7. The first-order valence-electron chi connectivity index (χ1n) is 18.3. The second-order valence-electron chi connectivity index (χ2n) is 14.6. The number of amides is 2. The first-order chi connectivity index (χ1) is 25.9. The number of nitrogens with one attached hydrogen (secondary N) is 2. The largest absolute Gasteiger partial charge is 0.489 e. The molecule has 4 N–H and O–H groups in total. The van der Waals surface area contributed by atoms with Crippen molar-refractivity contribution in [3.63, 3.8) is 0 Å². The molecule has 1 saturated heterocycles. The van der Waals surface area contributed by atoms with Gasteiger partial charge in [-0.25, -0.2) is 14.0 Å². The second-order valence-corrected chi connectivity index (χ2v) is 16.1. The normalized spacial score (nSPS) is 20.0. The number of halogens is 1. The van der Waals surface area contributed by atoms with Gasteiger partial charge in [0, 0.05) is 42.1 Å². The highest BCUT2D eigenvalue weighted by molar-refractivity contribution is 7.79. The third kappa shape index (κ3) is 9.71. The Labute approximate surface area is 324 Å². The fourth-order valence-electron chi connectivity index (χ4n) is 6.59. The molecular formula is C39H49ClN8O5S. The zero-order chi connectivity index (χ0) is 38.4. The predicted molar refractivity (Wildman–Crippen MR) is 213 cm³/mol. The Bertz CT molecular complexity index is 2050. The number of anilines is 1. The Hall–Kier alpha value is -4.66. The average molecular weight is 777 g/mol. The molecule has 0 bridgehead atoms. The van der Waals surface area contributed by atoms with Crippen LogP contribution in [-0.4, -0.2) is 62.7 Å². The van der Waals surface area contributed by atoms with Crippen molar-refractivity contribution in [2.75, 3.05) is 30.9 Å². The standard InChI is InChI=1S/C39H49ClN8O5S/c1-25-10-8-9-19-47(25)38-46-45-36-18-14-27(24-48(36)38)53-32-17-16-31(28-11-6-7-12-29(28)32)43-37(49)44-35(23-34(41)39(2,3)4)42-26-13-15-30(40)33(22-26)51-20-21-52-54(5)50/h6-7,11-15,18,22-25,31-32H,8-10,16-17,19-21,41H2,1-5H3,(H2,42,43,44,49). The van der Waals surface area contributed by atoms with Crippen molar-refractivity contribution >= 4 is 51.8 Å². The monoisotopic (exact) mass is 776 g/mol. The molecule has 2 aromatic heterocycles. The number of ether oxygens (including phenoxy) is 2. The highest BCUT2D eigenvalue weighted by atomic mass is 35.5. The van der Waals surface area contributed by atoms with Crippen LogP contribution >= 0.6 is 11.6 Å². The summed E-state index contributed by atoms with van der Waals surface area (Å²) in [5, 5.41) is 15.4. The smallest absolute Gasteiger partial charge is 0.320 e. The lowest BCUT2D eigenvalue weighted by molar-refractivity contribution is 0.171. The molecule has 1 fully saturated rings. The molecule has 288 valence electrons. The van der Waals surface area contributed by atoms with Gasteiger partial charge in [0.15, 0.2) is 16.7 Å². The lowest BCUT2D eigenvalue weighted by atomic mass is 9.85. The van der Waals surface area contributed by atoms with Crippen LogP contribution in [0.5, 0.6) is 11.5 Å². The van der Waals surface area contributed by atoms with Crippen LogP contribution in [-0.2, 0) is 15.3 Å². The van der Waals surface area contributed by atoms with Crippen LogP contribution in [0.2, 0.25) is 5.02 Å². The van der Waals surface area contributed by atoms with Gasteiger partial charge >= 0.3 is 6.03 Å². The number of aliphatic imine (C=N–C) groups is 1. The number of nitrogens with zero attached hydrogens (tertiary/aromatic N) is 5. The number of amidine groups is 1. The van der Waals surface area contributed by atoms with E-state index in [0.717, 1.165) is 47.9 Å². The van der Waals surface area contributed by atoms with Crippen LogP contribution < -0.4 is 30.7 Å². The molecule has 4 unspecified atom stereocenters. The van der Waals surface area contributed by atoms with E-state index in [1.54, 1.807) is 24.3 Å². The summed E-state index contributed by atoms with van der Waals surface area (Å²) in [6.45, 7) is 9.39. The van der Waals surface area contributed by atoms with Crippen molar-refractivity contribution in [2.45, 2.75) is 78.0 Å². The highest BCUT2D eigenvalue weighted by Gasteiger charge is 2.30. The minimum atomic E-state index is -1.40. The minimum Gasteiger partial charge on any atom is -0.489 e. The van der Waals surface area contributed by atoms with E-state index in [-0.39, 0.29) is 36.6 Å². The number of allylic oxidation sites excluding steroid dienone is 1. The number of fused-ring (bicyclic) bond motifs is 2. The fraction of sp³-hybridized carbons (Fsp3) is 0.436. The minimum absolute atomic E-state index is 0.125. The maximum atomic E-state index is 13.7. The molecule has 2 aliphatic rings. The molecular weight excluding hydrogens is 728 g/mol. The van der Waals surface area contributed by atoms with Crippen LogP contribution in [0.3, 0.4) is 0 Å². The number of carbonyl (C=O) groups excluding carboxylic acids is 1. The molecule has 2 amide bonds. The Morgan fingerprint density at radius 2 is 1.87 bits per heavy atom. The summed E-state index contributed by atoms with van der Waals surface area (Å²) in [6, 6.07) is 16.6. The van der Waals surface area contributed by atoms with Gasteiger partial charge in [-0.2, -0.15) is 0 Å². The van der Waals surface area contributed by atoms with Gasteiger partial charge < -0.3 is 25.4 Å². The summed E-state index contributed by atoms with van der Waals surface area (Å²) in [5.41, 5.74) is 9.84. The van der Waals surface area contributed by atoms with E-state index in [9.17, 15) is 9.00 Å². The van der Waals surface area contributed by atoms with E-state index < -0.39 is 17.1 Å². The van der Waals surface area contributed by atoms with Gasteiger partial charge in [-0.05, 0) is 74.4 Å². The summed E-state index contributed by atoms with van der Waals surface area (Å²) >= 11 is 4.96. The maximum absolute atomic E-state index is 13.7. The van der Waals surface area contributed by atoms with Gasteiger partial charge in [0.05, 0.1) is 29.6 Å². The lowest BCUT2D eigenvalue weighted by Gasteiger charge is -2.33. The lowest BCUT2D eigenvalue weighted by Crippen LogP contribution is -2.42. The molecule has 54 heavy (non-hydrogen) atoms. The van der Waals surface area contributed by atoms with Gasteiger partial charge in [-0.1, -0.05) is 56.6 Å². The van der Waals surface area contributed by atoms with E-state index in [0.29, 0.717) is 41.0 Å². The van der Waals surface area contributed by atoms with Gasteiger partial charge in [0.1, 0.15) is 30.0 Å². The van der Waals surface area contributed by atoms with E-state index in [4.69, 9.17) is 36.0 Å². The van der Waals surface area contributed by atoms with Gasteiger partial charge in [0.25, 0.3) is 0 Å². The van der Waals surface area contributed by atoms with Gasteiger partial charge in [-0.15, -0.1) is 10.2 Å². The fourth-order valence-corrected chi connectivity index (χ4v) is 7.07. The molecule has 6 rings (SSSR count). The average Bonchev–Trinajstić information content (AvgIpc) is 3.55. The number of aromatic nitrogens is 3. The van der Waals surface area contributed by atoms with Crippen LogP contribution in [0.25, 0.3) is 5.65 Å². The van der Waals surface area contributed by atoms with E-state index in [2.05, 4.69) is 38.7 Å². The van der Waals surface area contributed by atoms with Gasteiger partial charge in [-0.3, -0.25) is 13.9 Å². The van der Waals surface area contributed by atoms with Crippen LogP contribution in [0, 0.1) is 5.41 Å². The molecule has 0 spiro atoms. The molecule has 0 saturated carbocycles. The van der Waals surface area contributed by atoms with Crippen molar-refractivity contribution in [1.82, 2.24) is 25.2 Å². The number of carbonyl (C=O) groups is 1. The second kappa shape index (κ2) is 17.2. The van der Waals surface area contributed by atoms with Crippen LogP contribution in [0.4, 0.5) is 16.4 Å². The van der Waals surface area contributed by atoms with E-state index in [1.807, 2.05) is 61.7 Å². The number of urea groups is 1. The third-order valence-electron chi connectivity index (χ3n) is 9.59. The Morgan fingerprint density at radius 3 is 2.63 bits per heavy atom. The quantitative estimate of drug-likeness (QED) is 0.0807. The first kappa shape index (κ1) is 39.0. The summed E-state index contributed by atoms with van der Waals surface area (Å²) in [5.74, 6) is 2.17. The molecule has 4 atom stereocenters. The number of piperidine rings is 1.